The van der Waals surface area contributed by atoms with E-state index in [1.165, 1.54) is 0 Å². The van der Waals surface area contributed by atoms with Crippen LogP contribution in [-0.2, 0) is 24.1 Å². The number of carboxylic acid groups (broad SMARTS) is 1. The second-order valence-electron chi connectivity index (χ2n) is 8.67. The molecule has 0 aliphatic carbocycles. The molecule has 0 bridgehead atoms. The topological polar surface area (TPSA) is 92.7 Å². The third-order valence-electron chi connectivity index (χ3n) is 6.13. The highest BCUT2D eigenvalue weighted by atomic mass is 32.2. The quantitative estimate of drug-likeness (QED) is 0.399. The predicted octanol–water partition coefficient (Wildman–Crippen LogP) is 3.91. The molecule has 3 atom stereocenters. The molecule has 1 saturated heterocycles. The lowest BCUT2D eigenvalue weighted by Crippen LogP contribution is -2.42. The molecule has 0 saturated carbocycles. The molecule has 4 rings (SSSR count). The molecular weight excluding hydrogens is 482 g/mol. The fourth-order valence-corrected chi connectivity index (χ4v) is 7.61. The average molecular weight is 512 g/mol. The van der Waals surface area contributed by atoms with Crippen molar-refractivity contribution in [2.24, 2.45) is 0 Å². The molecule has 3 aromatic carbocycles. The first kappa shape index (κ1) is 25.4. The Balaban J connectivity index is 1.72. The summed E-state index contributed by atoms with van der Waals surface area (Å²) in [6, 6.07) is 30.5. The van der Waals surface area contributed by atoms with Gasteiger partial charge in [0.05, 0.1) is 4.75 Å². The van der Waals surface area contributed by atoms with Gasteiger partial charge >= 0.3 is 5.97 Å². The van der Waals surface area contributed by atoms with Crippen molar-refractivity contribution in [1.29, 1.82) is 0 Å². The van der Waals surface area contributed by atoms with Gasteiger partial charge in [-0.05, 0) is 23.1 Å². The predicted molar refractivity (Wildman–Crippen MR) is 139 cm³/mol. The number of carbonyl (C=O) groups is 1. The molecule has 6 nitrogen and oxygen atoms in total. The highest BCUT2D eigenvalue weighted by Crippen LogP contribution is 2.51. The van der Waals surface area contributed by atoms with Gasteiger partial charge in [0.2, 0.25) is 0 Å². The van der Waals surface area contributed by atoms with Crippen LogP contribution in [0.4, 0.5) is 0 Å². The Morgan fingerprint density at radius 2 is 1.43 bits per heavy atom. The van der Waals surface area contributed by atoms with Gasteiger partial charge in [0.1, 0.15) is 6.61 Å². The van der Waals surface area contributed by atoms with Gasteiger partial charge in [-0.25, -0.2) is 13.2 Å². The molecule has 0 spiro atoms. The van der Waals surface area contributed by atoms with Gasteiger partial charge < -0.3 is 15.2 Å². The van der Waals surface area contributed by atoms with Crippen LogP contribution < -0.4 is 5.32 Å². The third-order valence-corrected chi connectivity index (χ3v) is 9.19. The van der Waals surface area contributed by atoms with E-state index in [0.717, 1.165) is 22.9 Å². The maximum absolute atomic E-state index is 12.4. The van der Waals surface area contributed by atoms with Gasteiger partial charge in [-0.3, -0.25) is 0 Å². The molecule has 0 radical (unpaired) electrons. The minimum atomic E-state index is -3.62. The molecular formula is C27H29NO5S2. The van der Waals surface area contributed by atoms with Crippen molar-refractivity contribution in [3.05, 3.63) is 108 Å². The largest absolute Gasteiger partial charge is 0.480 e. The lowest BCUT2D eigenvalue weighted by Gasteiger charge is -2.37. The second-order valence-corrected chi connectivity index (χ2v) is 12.3. The highest BCUT2D eigenvalue weighted by Gasteiger charge is 2.44. The normalized spacial score (nSPS) is 19.3. The van der Waals surface area contributed by atoms with Crippen LogP contribution >= 0.6 is 11.8 Å². The Kier molecular flexibility index (Phi) is 7.96. The molecule has 2 N–H and O–H groups in total. The number of carboxylic acids is 1. The monoisotopic (exact) mass is 511 g/mol. The molecule has 1 aliphatic heterocycles. The van der Waals surface area contributed by atoms with Crippen molar-refractivity contribution in [2.45, 2.75) is 27.9 Å². The van der Waals surface area contributed by atoms with Gasteiger partial charge in [0.15, 0.2) is 15.3 Å². The Morgan fingerprint density at radius 1 is 0.971 bits per heavy atom. The Morgan fingerprint density at radius 3 is 1.83 bits per heavy atom. The number of benzene rings is 3. The third kappa shape index (κ3) is 5.78. The molecule has 1 heterocycles. The van der Waals surface area contributed by atoms with Gasteiger partial charge in [-0.2, -0.15) is 0 Å². The Labute approximate surface area is 210 Å². The number of sulfone groups is 1. The van der Waals surface area contributed by atoms with Crippen LogP contribution in [0.2, 0.25) is 0 Å². The van der Waals surface area contributed by atoms with Crippen molar-refractivity contribution in [1.82, 2.24) is 5.32 Å². The summed E-state index contributed by atoms with van der Waals surface area (Å²) in [5, 5.41) is 12.4. The van der Waals surface area contributed by atoms with Crippen LogP contribution in [-0.4, -0.2) is 55.6 Å². The summed E-state index contributed by atoms with van der Waals surface area (Å²) >= 11 is 1.79. The standard InChI is InChI=1S/C27H29NO5S2/c1-35(31,32)26(33-19-25(29)30)24-17-23(18-28-24)34-27(20-11-5-2-6-12-20,21-13-7-3-8-14-21)22-15-9-4-10-16-22/h2-16,23-24,26,28H,17-19H2,1H3,(H,29,30). The number of hydrogen-bond donors (Lipinski definition) is 2. The first-order valence-electron chi connectivity index (χ1n) is 11.4. The lowest BCUT2D eigenvalue weighted by atomic mass is 9.84. The van der Waals surface area contributed by atoms with Crippen LogP contribution in [0, 0.1) is 0 Å². The number of ether oxygens (including phenoxy) is 1. The molecule has 3 unspecified atom stereocenters. The van der Waals surface area contributed by atoms with E-state index in [2.05, 4.69) is 41.7 Å². The summed E-state index contributed by atoms with van der Waals surface area (Å²) < 4.78 is 29.6. The minimum absolute atomic E-state index is 0.0540. The Hall–Kier alpha value is -2.65. The van der Waals surface area contributed by atoms with Crippen LogP contribution in [0.15, 0.2) is 91.0 Å². The summed E-state index contributed by atoms with van der Waals surface area (Å²) in [4.78, 5) is 11.0. The summed E-state index contributed by atoms with van der Waals surface area (Å²) in [7, 11) is -3.62. The van der Waals surface area contributed by atoms with Crippen LogP contribution in [0.5, 0.6) is 0 Å². The zero-order chi connectivity index (χ0) is 24.9. The van der Waals surface area contributed by atoms with E-state index in [1.807, 2.05) is 54.6 Å². The minimum Gasteiger partial charge on any atom is -0.480 e. The maximum Gasteiger partial charge on any atom is 0.329 e. The summed E-state index contributed by atoms with van der Waals surface area (Å²) in [6.07, 6.45) is 1.61. The summed E-state index contributed by atoms with van der Waals surface area (Å²) in [6.45, 7) is -0.0816. The molecule has 35 heavy (non-hydrogen) atoms. The number of rotatable bonds is 10. The molecule has 1 fully saturated rings. The first-order chi connectivity index (χ1) is 16.8. The zero-order valence-electron chi connectivity index (χ0n) is 19.4. The number of thioether (sulfide) groups is 1. The van der Waals surface area contributed by atoms with E-state index in [4.69, 9.17) is 9.84 Å². The van der Waals surface area contributed by atoms with Gasteiger partial charge in [-0.15, -0.1) is 11.8 Å². The first-order valence-corrected chi connectivity index (χ1v) is 14.2. The second kappa shape index (κ2) is 11.0. The van der Waals surface area contributed by atoms with E-state index >= 15 is 0 Å². The lowest BCUT2D eigenvalue weighted by molar-refractivity contribution is -0.143. The molecule has 3 aromatic rings. The molecule has 1 aliphatic rings. The van der Waals surface area contributed by atoms with Crippen LogP contribution in [0.1, 0.15) is 23.1 Å². The average Bonchev–Trinajstić information content (AvgIpc) is 3.31. The maximum atomic E-state index is 12.4. The molecule has 0 aromatic heterocycles. The summed E-state index contributed by atoms with van der Waals surface area (Å²) in [5.41, 5.74) is 2.18. The van der Waals surface area contributed by atoms with Crippen molar-refractivity contribution in [3.63, 3.8) is 0 Å². The van der Waals surface area contributed by atoms with Crippen LogP contribution in [0.3, 0.4) is 0 Å². The number of hydrogen-bond acceptors (Lipinski definition) is 6. The van der Waals surface area contributed by atoms with E-state index in [9.17, 15) is 13.2 Å². The van der Waals surface area contributed by atoms with Gasteiger partial charge in [0, 0.05) is 24.1 Å². The van der Waals surface area contributed by atoms with Crippen molar-refractivity contribution < 1.29 is 23.1 Å². The van der Waals surface area contributed by atoms with Gasteiger partial charge in [0.25, 0.3) is 0 Å². The van der Waals surface area contributed by atoms with Crippen molar-refractivity contribution in [3.8, 4) is 0 Å². The van der Waals surface area contributed by atoms with E-state index < -0.39 is 38.6 Å². The molecule has 0 amide bonds. The van der Waals surface area contributed by atoms with Crippen molar-refractivity contribution in [2.75, 3.05) is 19.4 Å². The SMILES string of the molecule is CS(=O)(=O)C(OCC(=O)O)C1CC(SC(c2ccccc2)(c2ccccc2)c2ccccc2)CN1. The van der Waals surface area contributed by atoms with E-state index in [-0.39, 0.29) is 5.25 Å². The smallest absolute Gasteiger partial charge is 0.329 e. The zero-order valence-corrected chi connectivity index (χ0v) is 21.0. The fraction of sp³-hybridized carbons (Fsp3) is 0.296. The highest BCUT2D eigenvalue weighted by molar-refractivity contribution is 8.01. The summed E-state index contributed by atoms with van der Waals surface area (Å²) in [5.74, 6) is -1.20. The van der Waals surface area contributed by atoms with E-state index in [1.54, 1.807) is 11.8 Å². The molecule has 184 valence electrons. The van der Waals surface area contributed by atoms with E-state index in [0.29, 0.717) is 13.0 Å². The number of nitrogens with one attached hydrogen (secondary N) is 1. The van der Waals surface area contributed by atoms with Crippen molar-refractivity contribution >= 4 is 27.6 Å². The van der Waals surface area contributed by atoms with Crippen LogP contribution in [0.25, 0.3) is 0 Å². The molecule has 8 heteroatoms. The number of aliphatic carboxylic acids is 1. The fourth-order valence-electron chi connectivity index (χ4n) is 4.69. The Bertz CT molecular complexity index is 1120. The van der Waals surface area contributed by atoms with Gasteiger partial charge in [-0.1, -0.05) is 91.0 Å².